The first-order chi connectivity index (χ1) is 15.3. The minimum absolute atomic E-state index is 0.789. The lowest BCUT2D eigenvalue weighted by molar-refractivity contribution is 0.303. The molecule has 0 heteroatoms. The third-order valence-electron chi connectivity index (χ3n) is 8.40. The largest absolute Gasteiger partial charge is 0.0654 e. The molecule has 31 heavy (non-hydrogen) atoms. The molecule has 2 aromatic carbocycles. The summed E-state index contributed by atoms with van der Waals surface area (Å²) in [6.45, 7) is 4.64. The van der Waals surface area contributed by atoms with E-state index in [1.807, 2.05) is 0 Å². The van der Waals surface area contributed by atoms with E-state index in [1.54, 1.807) is 11.1 Å². The molecule has 2 aliphatic carbocycles. The number of benzene rings is 2. The third-order valence-corrected chi connectivity index (χ3v) is 8.40. The summed E-state index contributed by atoms with van der Waals surface area (Å²) >= 11 is 0. The molecule has 2 aromatic rings. The van der Waals surface area contributed by atoms with Gasteiger partial charge in [0, 0.05) is 0 Å². The van der Waals surface area contributed by atoms with Crippen LogP contribution in [-0.2, 0) is 0 Å². The first kappa shape index (κ1) is 22.6. The predicted octanol–water partition coefficient (Wildman–Crippen LogP) is 9.89. The van der Waals surface area contributed by atoms with E-state index in [1.165, 1.54) is 94.6 Å². The maximum Gasteiger partial charge on any atom is -0.0159 e. The monoisotopic (exact) mass is 416 g/mol. The normalized spacial score (nSPS) is 26.3. The van der Waals surface area contributed by atoms with Gasteiger partial charge in [0.05, 0.1) is 0 Å². The zero-order valence-electron chi connectivity index (χ0n) is 20.1. The molecule has 0 unspecified atom stereocenters. The van der Waals surface area contributed by atoms with Crippen LogP contribution in [0.3, 0.4) is 0 Å². The van der Waals surface area contributed by atoms with Gasteiger partial charge < -0.3 is 0 Å². The van der Waals surface area contributed by atoms with E-state index in [2.05, 4.69) is 62.4 Å². The zero-order chi connectivity index (χ0) is 21.5. The quantitative estimate of drug-likeness (QED) is 0.357. The van der Waals surface area contributed by atoms with Crippen molar-refractivity contribution < 1.29 is 0 Å². The molecule has 0 aromatic heterocycles. The highest BCUT2D eigenvalue weighted by atomic mass is 14.3. The minimum Gasteiger partial charge on any atom is -0.0654 e. The summed E-state index contributed by atoms with van der Waals surface area (Å²) in [4.78, 5) is 0. The molecular weight excluding hydrogens is 372 g/mol. The molecule has 0 radical (unpaired) electrons. The fourth-order valence-electron chi connectivity index (χ4n) is 6.41. The number of rotatable bonds is 9. The van der Waals surface area contributed by atoms with Gasteiger partial charge in [-0.2, -0.15) is 0 Å². The Morgan fingerprint density at radius 3 is 1.68 bits per heavy atom. The van der Waals surface area contributed by atoms with Crippen LogP contribution in [0, 0.1) is 11.8 Å². The summed E-state index contributed by atoms with van der Waals surface area (Å²) < 4.78 is 0. The van der Waals surface area contributed by atoms with Gasteiger partial charge in [-0.05, 0) is 90.9 Å². The summed E-state index contributed by atoms with van der Waals surface area (Å²) in [7, 11) is 0. The molecule has 0 bridgehead atoms. The summed E-state index contributed by atoms with van der Waals surface area (Å²) in [6.07, 6.45) is 18.3. The molecule has 0 N–H and O–H groups in total. The van der Waals surface area contributed by atoms with Gasteiger partial charge in [-0.25, -0.2) is 0 Å². The Kier molecular flexibility index (Phi) is 8.28. The Hall–Kier alpha value is -1.56. The highest BCUT2D eigenvalue weighted by Gasteiger charge is 2.25. The maximum atomic E-state index is 2.41. The smallest absolute Gasteiger partial charge is 0.0159 e. The molecule has 2 saturated carbocycles. The standard InChI is InChI=1S/C31H44/c1-3-5-6-8-24-9-12-26(13-10-24)27-15-17-28(18-16-27)29-19-21-30(22-20-29)31-14-11-25(23-31)7-4-2/h15-22,24-26,31H,3-14,23H2,1-2H3/t24?,25-,26?,31-/m1/s1. The van der Waals surface area contributed by atoms with Gasteiger partial charge in [-0.1, -0.05) is 101 Å². The van der Waals surface area contributed by atoms with Crippen molar-refractivity contribution in [1.29, 1.82) is 0 Å². The van der Waals surface area contributed by atoms with Crippen LogP contribution >= 0.6 is 0 Å². The average Bonchev–Trinajstić information content (AvgIpc) is 3.29. The summed E-state index contributed by atoms with van der Waals surface area (Å²) in [6, 6.07) is 19.1. The second-order valence-corrected chi connectivity index (χ2v) is 10.6. The van der Waals surface area contributed by atoms with Crippen LogP contribution in [-0.4, -0.2) is 0 Å². The van der Waals surface area contributed by atoms with Crippen molar-refractivity contribution in [2.24, 2.45) is 11.8 Å². The van der Waals surface area contributed by atoms with E-state index in [9.17, 15) is 0 Å². The van der Waals surface area contributed by atoms with Gasteiger partial charge >= 0.3 is 0 Å². The van der Waals surface area contributed by atoms with Crippen LogP contribution < -0.4 is 0 Å². The lowest BCUT2D eigenvalue weighted by Gasteiger charge is -2.29. The van der Waals surface area contributed by atoms with E-state index < -0.39 is 0 Å². The molecule has 168 valence electrons. The van der Waals surface area contributed by atoms with Crippen molar-refractivity contribution in [2.75, 3.05) is 0 Å². The molecule has 2 fully saturated rings. The first-order valence-electron chi connectivity index (χ1n) is 13.5. The van der Waals surface area contributed by atoms with E-state index in [4.69, 9.17) is 0 Å². The van der Waals surface area contributed by atoms with Gasteiger partial charge in [0.2, 0.25) is 0 Å². The molecule has 0 amide bonds. The van der Waals surface area contributed by atoms with Crippen molar-refractivity contribution in [3.8, 4) is 11.1 Å². The molecule has 0 nitrogen and oxygen atoms in total. The predicted molar refractivity (Wildman–Crippen MR) is 136 cm³/mol. The number of hydrogen-bond donors (Lipinski definition) is 0. The lowest BCUT2D eigenvalue weighted by Crippen LogP contribution is -2.13. The Morgan fingerprint density at radius 1 is 0.548 bits per heavy atom. The molecule has 0 spiro atoms. The number of hydrogen-bond acceptors (Lipinski definition) is 0. The molecular formula is C31H44. The maximum absolute atomic E-state index is 2.41. The minimum atomic E-state index is 0.789. The summed E-state index contributed by atoms with van der Waals surface area (Å²) in [5.41, 5.74) is 5.88. The molecule has 0 aliphatic heterocycles. The molecule has 4 rings (SSSR count). The van der Waals surface area contributed by atoms with Gasteiger partial charge in [0.25, 0.3) is 0 Å². The molecule has 0 heterocycles. The van der Waals surface area contributed by atoms with Gasteiger partial charge in [0.15, 0.2) is 0 Å². The van der Waals surface area contributed by atoms with Gasteiger partial charge in [-0.3, -0.25) is 0 Å². The van der Waals surface area contributed by atoms with E-state index >= 15 is 0 Å². The zero-order valence-corrected chi connectivity index (χ0v) is 20.1. The van der Waals surface area contributed by atoms with Crippen LogP contribution in [0.5, 0.6) is 0 Å². The van der Waals surface area contributed by atoms with E-state index in [0.29, 0.717) is 0 Å². The summed E-state index contributed by atoms with van der Waals surface area (Å²) in [5, 5.41) is 0. The Labute approximate surface area is 191 Å². The van der Waals surface area contributed by atoms with Crippen molar-refractivity contribution >= 4 is 0 Å². The van der Waals surface area contributed by atoms with E-state index in [-0.39, 0.29) is 0 Å². The van der Waals surface area contributed by atoms with Crippen LogP contribution in [0.25, 0.3) is 11.1 Å². The molecule has 2 aliphatic rings. The fourth-order valence-corrected chi connectivity index (χ4v) is 6.41. The second-order valence-electron chi connectivity index (χ2n) is 10.6. The Morgan fingerprint density at radius 2 is 1.10 bits per heavy atom. The van der Waals surface area contributed by atoms with Crippen molar-refractivity contribution in [3.63, 3.8) is 0 Å². The van der Waals surface area contributed by atoms with Crippen molar-refractivity contribution in [2.45, 2.75) is 109 Å². The van der Waals surface area contributed by atoms with E-state index in [0.717, 1.165) is 23.7 Å². The van der Waals surface area contributed by atoms with Crippen LogP contribution in [0.4, 0.5) is 0 Å². The topological polar surface area (TPSA) is 0 Å². The molecule has 0 saturated heterocycles. The second kappa shape index (κ2) is 11.3. The summed E-state index contributed by atoms with van der Waals surface area (Å²) in [5.74, 6) is 3.55. The Balaban J connectivity index is 1.30. The van der Waals surface area contributed by atoms with Crippen LogP contribution in [0.15, 0.2) is 48.5 Å². The number of unbranched alkanes of at least 4 members (excludes halogenated alkanes) is 2. The van der Waals surface area contributed by atoms with Crippen molar-refractivity contribution in [1.82, 2.24) is 0 Å². The SMILES string of the molecule is CCCCCC1CCC(c2ccc(-c3ccc([C@@H]4CC[C@@H](CCC)C4)cc3)cc2)CC1. The van der Waals surface area contributed by atoms with Crippen molar-refractivity contribution in [3.05, 3.63) is 59.7 Å². The highest BCUT2D eigenvalue weighted by molar-refractivity contribution is 5.64. The average molecular weight is 417 g/mol. The highest BCUT2D eigenvalue weighted by Crippen LogP contribution is 2.41. The molecule has 2 atom stereocenters. The first-order valence-corrected chi connectivity index (χ1v) is 13.5. The Bertz CT molecular complexity index is 761. The van der Waals surface area contributed by atoms with Gasteiger partial charge in [-0.15, -0.1) is 0 Å². The van der Waals surface area contributed by atoms with Gasteiger partial charge in [0.1, 0.15) is 0 Å². The fraction of sp³-hybridized carbons (Fsp3) is 0.613. The lowest BCUT2D eigenvalue weighted by atomic mass is 9.77. The van der Waals surface area contributed by atoms with Crippen LogP contribution in [0.1, 0.15) is 120 Å². The van der Waals surface area contributed by atoms with Crippen LogP contribution in [0.2, 0.25) is 0 Å². The third kappa shape index (κ3) is 6.03.